The Hall–Kier alpha value is -1.60. The number of sulfonamides is 1. The predicted octanol–water partition coefficient (Wildman–Crippen LogP) is 0.864. The topological polar surface area (TPSA) is 76.9 Å². The van der Waals surface area contributed by atoms with Gasteiger partial charge in [0.25, 0.3) is 10.0 Å². The van der Waals surface area contributed by atoms with E-state index in [0.29, 0.717) is 5.02 Å². The van der Waals surface area contributed by atoms with E-state index in [0.717, 1.165) is 4.68 Å². The van der Waals surface area contributed by atoms with Crippen molar-refractivity contribution in [2.45, 2.75) is 4.90 Å². The first-order valence-corrected chi connectivity index (χ1v) is 6.07. The van der Waals surface area contributed by atoms with Gasteiger partial charge in [0.2, 0.25) is 0 Å². The van der Waals surface area contributed by atoms with Crippen LogP contribution >= 0.6 is 11.6 Å². The fourth-order valence-electron chi connectivity index (χ4n) is 1.05. The molecule has 8 heteroatoms. The van der Waals surface area contributed by atoms with Gasteiger partial charge in [0.1, 0.15) is 12.7 Å². The van der Waals surface area contributed by atoms with Crippen molar-refractivity contribution in [3.05, 3.63) is 41.9 Å². The van der Waals surface area contributed by atoms with E-state index < -0.39 is 10.0 Å². The number of benzene rings is 1. The summed E-state index contributed by atoms with van der Waals surface area (Å²) in [6.45, 7) is 0. The molecule has 0 amide bonds. The van der Waals surface area contributed by atoms with Gasteiger partial charge in [-0.05, 0) is 24.3 Å². The molecule has 0 bridgehead atoms. The maximum Gasteiger partial charge on any atom is 0.275 e. The molecule has 0 aliphatic carbocycles. The molecule has 0 saturated carbocycles. The van der Waals surface area contributed by atoms with Crippen molar-refractivity contribution in [2.24, 2.45) is 0 Å². The van der Waals surface area contributed by atoms with Gasteiger partial charge in [-0.2, -0.15) is 8.42 Å². The summed E-state index contributed by atoms with van der Waals surface area (Å²) in [5.41, 5.74) is 0. The maximum absolute atomic E-state index is 11.8. The third-order valence-corrected chi connectivity index (χ3v) is 3.36. The average Bonchev–Trinajstić information content (AvgIpc) is 2.70. The van der Waals surface area contributed by atoms with Crippen LogP contribution in [0.3, 0.4) is 0 Å². The van der Waals surface area contributed by atoms with E-state index >= 15 is 0 Å². The molecule has 0 atom stereocenters. The van der Waals surface area contributed by atoms with Crippen LogP contribution in [0, 0.1) is 0 Å². The largest absolute Gasteiger partial charge is 0.275 e. The van der Waals surface area contributed by atoms with Crippen LogP contribution in [0.15, 0.2) is 41.8 Å². The highest BCUT2D eigenvalue weighted by atomic mass is 35.5. The molecule has 0 aliphatic heterocycles. The summed E-state index contributed by atoms with van der Waals surface area (Å²) in [6, 6.07) is 5.83. The molecule has 16 heavy (non-hydrogen) atoms. The van der Waals surface area contributed by atoms with E-state index in [-0.39, 0.29) is 4.90 Å². The minimum absolute atomic E-state index is 0.116. The number of nitrogens with zero attached hydrogens (tertiary/aromatic N) is 3. The lowest BCUT2D eigenvalue weighted by atomic mass is 10.4. The Labute approximate surface area is 96.9 Å². The van der Waals surface area contributed by atoms with E-state index in [9.17, 15) is 8.42 Å². The zero-order valence-corrected chi connectivity index (χ0v) is 9.48. The molecule has 1 aromatic heterocycles. The fourth-order valence-corrected chi connectivity index (χ4v) is 2.15. The first kappa shape index (κ1) is 10.9. The minimum atomic E-state index is -3.63. The van der Waals surface area contributed by atoms with Crippen molar-refractivity contribution in [2.75, 3.05) is 4.83 Å². The summed E-state index contributed by atoms with van der Waals surface area (Å²) in [4.78, 5) is 2.37. The van der Waals surface area contributed by atoms with Crippen molar-refractivity contribution in [1.82, 2.24) is 14.9 Å². The van der Waals surface area contributed by atoms with Gasteiger partial charge < -0.3 is 0 Å². The normalized spacial score (nSPS) is 11.3. The molecule has 6 nitrogen and oxygen atoms in total. The lowest BCUT2D eigenvalue weighted by molar-refractivity contribution is 0.595. The molecule has 0 fully saturated rings. The number of hydrogen-bond donors (Lipinski definition) is 1. The van der Waals surface area contributed by atoms with Crippen molar-refractivity contribution in [1.29, 1.82) is 0 Å². The Balaban J connectivity index is 2.29. The quantitative estimate of drug-likeness (QED) is 0.886. The highest BCUT2D eigenvalue weighted by Crippen LogP contribution is 2.14. The van der Waals surface area contributed by atoms with Gasteiger partial charge in [-0.1, -0.05) is 11.6 Å². The summed E-state index contributed by atoms with van der Waals surface area (Å²) in [5.74, 6) is 0. The monoisotopic (exact) mass is 258 g/mol. The first-order valence-electron chi connectivity index (χ1n) is 4.21. The smallest absolute Gasteiger partial charge is 0.221 e. The Morgan fingerprint density at radius 3 is 2.25 bits per heavy atom. The van der Waals surface area contributed by atoms with Crippen LogP contribution in [0.2, 0.25) is 5.02 Å². The second-order valence-electron chi connectivity index (χ2n) is 2.92. The van der Waals surface area contributed by atoms with Gasteiger partial charge in [0.05, 0.1) is 4.90 Å². The molecule has 2 rings (SSSR count). The third-order valence-electron chi connectivity index (χ3n) is 1.77. The summed E-state index contributed by atoms with van der Waals surface area (Å²) in [7, 11) is -3.63. The summed E-state index contributed by atoms with van der Waals surface area (Å²) >= 11 is 5.66. The van der Waals surface area contributed by atoms with Gasteiger partial charge in [-0.25, -0.2) is 9.51 Å². The number of halogens is 1. The van der Waals surface area contributed by atoms with Gasteiger partial charge in [-0.3, -0.25) is 0 Å². The van der Waals surface area contributed by atoms with E-state index in [2.05, 4.69) is 15.0 Å². The Bertz CT molecular complexity index is 565. The van der Waals surface area contributed by atoms with Gasteiger partial charge >= 0.3 is 0 Å². The highest BCUT2D eigenvalue weighted by Gasteiger charge is 2.13. The molecular weight excluding hydrogens is 252 g/mol. The molecule has 1 aromatic carbocycles. The molecule has 0 spiro atoms. The van der Waals surface area contributed by atoms with E-state index in [1.807, 2.05) is 0 Å². The Morgan fingerprint density at radius 2 is 1.69 bits per heavy atom. The number of nitrogens with one attached hydrogen (secondary N) is 1. The molecule has 0 radical (unpaired) electrons. The predicted molar refractivity (Wildman–Crippen MR) is 58.0 cm³/mol. The SMILES string of the molecule is O=S(=O)(Nn1cnnc1)c1ccc(Cl)cc1. The minimum Gasteiger partial charge on any atom is -0.221 e. The number of aromatic nitrogens is 3. The Morgan fingerprint density at radius 1 is 1.12 bits per heavy atom. The number of rotatable bonds is 3. The van der Waals surface area contributed by atoms with Crippen LogP contribution in [0.25, 0.3) is 0 Å². The molecule has 1 heterocycles. The van der Waals surface area contributed by atoms with E-state index in [1.54, 1.807) is 0 Å². The zero-order chi connectivity index (χ0) is 11.6. The average molecular weight is 259 g/mol. The molecule has 0 saturated heterocycles. The Kier molecular flexibility index (Phi) is 2.80. The highest BCUT2D eigenvalue weighted by molar-refractivity contribution is 7.92. The van der Waals surface area contributed by atoms with Gasteiger partial charge in [-0.15, -0.1) is 10.2 Å². The lowest BCUT2D eigenvalue weighted by Crippen LogP contribution is -2.21. The van der Waals surface area contributed by atoms with Crippen molar-refractivity contribution >= 4 is 21.6 Å². The van der Waals surface area contributed by atoms with Gasteiger partial charge in [0.15, 0.2) is 0 Å². The zero-order valence-electron chi connectivity index (χ0n) is 7.91. The van der Waals surface area contributed by atoms with Crippen LogP contribution in [0.1, 0.15) is 0 Å². The van der Waals surface area contributed by atoms with Crippen LogP contribution in [-0.2, 0) is 10.0 Å². The summed E-state index contributed by atoms with van der Waals surface area (Å²) in [6.07, 6.45) is 2.49. The van der Waals surface area contributed by atoms with Crippen LogP contribution in [-0.4, -0.2) is 23.3 Å². The molecule has 0 aliphatic rings. The van der Waals surface area contributed by atoms with Gasteiger partial charge in [0, 0.05) is 5.02 Å². The van der Waals surface area contributed by atoms with E-state index in [1.165, 1.54) is 36.9 Å². The van der Waals surface area contributed by atoms with Crippen LogP contribution in [0.5, 0.6) is 0 Å². The molecular formula is C8H7ClN4O2S. The summed E-state index contributed by atoms with van der Waals surface area (Å²) in [5, 5.41) is 7.43. The maximum atomic E-state index is 11.8. The molecule has 2 aromatic rings. The molecule has 84 valence electrons. The van der Waals surface area contributed by atoms with E-state index in [4.69, 9.17) is 11.6 Å². The second kappa shape index (κ2) is 4.11. The standard InChI is InChI=1S/C8H7ClN4O2S/c9-7-1-3-8(4-2-7)16(14,15)12-13-5-10-11-6-13/h1-6,12H. The second-order valence-corrected chi connectivity index (χ2v) is 5.02. The van der Waals surface area contributed by atoms with Crippen molar-refractivity contribution in [3.8, 4) is 0 Å². The fraction of sp³-hybridized carbons (Fsp3) is 0. The van der Waals surface area contributed by atoms with Crippen molar-refractivity contribution in [3.63, 3.8) is 0 Å². The summed E-state index contributed by atoms with van der Waals surface area (Å²) < 4.78 is 24.7. The number of hydrogen-bond acceptors (Lipinski definition) is 4. The van der Waals surface area contributed by atoms with Crippen molar-refractivity contribution < 1.29 is 8.42 Å². The van der Waals surface area contributed by atoms with Crippen LogP contribution in [0.4, 0.5) is 0 Å². The molecule has 1 N–H and O–H groups in total. The first-order chi connectivity index (χ1) is 7.58. The lowest BCUT2D eigenvalue weighted by Gasteiger charge is -2.07. The molecule has 0 unspecified atom stereocenters. The van der Waals surface area contributed by atoms with Crippen LogP contribution < -0.4 is 4.83 Å². The third kappa shape index (κ3) is 2.31.